The maximum atomic E-state index is 13.2. The Labute approximate surface area is 200 Å². The Morgan fingerprint density at radius 3 is 2.56 bits per heavy atom. The van der Waals surface area contributed by atoms with Crippen LogP contribution in [-0.4, -0.2) is 35.7 Å². The van der Waals surface area contributed by atoms with Gasteiger partial charge in [0.05, 0.1) is 7.11 Å². The normalized spacial score (nSPS) is 10.7. The summed E-state index contributed by atoms with van der Waals surface area (Å²) in [6, 6.07) is 5.43. The minimum Gasteiger partial charge on any atom is -0.493 e. The summed E-state index contributed by atoms with van der Waals surface area (Å²) in [5.41, 5.74) is 5.96. The lowest BCUT2D eigenvalue weighted by atomic mass is 10.1. The van der Waals surface area contributed by atoms with Crippen molar-refractivity contribution in [3.05, 3.63) is 57.3 Å². The lowest BCUT2D eigenvalue weighted by Crippen LogP contribution is -2.43. The molecule has 0 atom stereocenters. The molecule has 0 fully saturated rings. The van der Waals surface area contributed by atoms with Gasteiger partial charge < -0.3 is 20.1 Å². The van der Waals surface area contributed by atoms with Gasteiger partial charge in [-0.25, -0.2) is 4.79 Å². The molecule has 9 nitrogen and oxygen atoms in total. The number of anilines is 2. The molecule has 34 heavy (non-hydrogen) atoms. The molecule has 186 valence electrons. The standard InChI is InChI=1S/C25H36N4O5/c1-5-8-10-15-28(22-23(26)29(14-9-6-2)25(32)27-24(22)31)21(30)17-34-19-13-12-18(11-7-3)16-20(19)33-4/h7,12-13,16H,3,5-6,8-11,14-15,17,26H2,1-2,4H3,(H,27,31,32). The smallest absolute Gasteiger partial charge is 0.330 e. The van der Waals surface area contributed by atoms with Crippen molar-refractivity contribution in [1.29, 1.82) is 0 Å². The van der Waals surface area contributed by atoms with Crippen molar-refractivity contribution in [1.82, 2.24) is 9.55 Å². The summed E-state index contributed by atoms with van der Waals surface area (Å²) in [7, 11) is 1.53. The van der Waals surface area contributed by atoms with Gasteiger partial charge in [-0.05, 0) is 37.0 Å². The van der Waals surface area contributed by atoms with Crippen LogP contribution in [0.3, 0.4) is 0 Å². The number of carbonyl (C=O) groups excluding carboxylic acids is 1. The maximum absolute atomic E-state index is 13.2. The first kappa shape index (κ1) is 26.8. The maximum Gasteiger partial charge on any atom is 0.330 e. The third-order valence-electron chi connectivity index (χ3n) is 5.46. The van der Waals surface area contributed by atoms with Crippen LogP contribution in [0.15, 0.2) is 40.4 Å². The fourth-order valence-corrected chi connectivity index (χ4v) is 3.60. The lowest BCUT2D eigenvalue weighted by molar-refractivity contribution is -0.120. The average molecular weight is 473 g/mol. The van der Waals surface area contributed by atoms with E-state index >= 15 is 0 Å². The number of carbonyl (C=O) groups is 1. The number of methoxy groups -OCH3 is 1. The third-order valence-corrected chi connectivity index (χ3v) is 5.46. The SMILES string of the molecule is C=CCc1ccc(OCC(=O)N(CCCCC)c2c(N)n(CCCC)c(=O)[nH]c2=O)c(OC)c1. The molecule has 1 heterocycles. The van der Waals surface area contributed by atoms with E-state index in [1.165, 1.54) is 16.6 Å². The Balaban J connectivity index is 2.35. The van der Waals surface area contributed by atoms with Crippen molar-refractivity contribution in [3.63, 3.8) is 0 Å². The monoisotopic (exact) mass is 472 g/mol. The fourth-order valence-electron chi connectivity index (χ4n) is 3.60. The number of nitrogens with zero attached hydrogens (tertiary/aromatic N) is 2. The molecular weight excluding hydrogens is 436 g/mol. The zero-order valence-corrected chi connectivity index (χ0v) is 20.4. The zero-order valence-electron chi connectivity index (χ0n) is 20.4. The number of hydrogen-bond acceptors (Lipinski definition) is 6. The molecule has 0 spiro atoms. The van der Waals surface area contributed by atoms with Gasteiger partial charge in [0.2, 0.25) is 0 Å². The molecule has 1 aromatic carbocycles. The van der Waals surface area contributed by atoms with Crippen LogP contribution in [0.2, 0.25) is 0 Å². The Bertz CT molecular complexity index is 1090. The summed E-state index contributed by atoms with van der Waals surface area (Å²) in [6.45, 7) is 8.08. The second kappa shape index (κ2) is 13.3. The van der Waals surface area contributed by atoms with Gasteiger partial charge in [0.1, 0.15) is 5.82 Å². The summed E-state index contributed by atoms with van der Waals surface area (Å²) in [5, 5.41) is 0. The lowest BCUT2D eigenvalue weighted by Gasteiger charge is -2.25. The predicted molar refractivity (Wildman–Crippen MR) is 135 cm³/mol. The van der Waals surface area contributed by atoms with Crippen LogP contribution in [0.5, 0.6) is 11.5 Å². The molecular formula is C25H36N4O5. The van der Waals surface area contributed by atoms with Gasteiger partial charge in [0, 0.05) is 13.1 Å². The number of hydrogen-bond donors (Lipinski definition) is 2. The van der Waals surface area contributed by atoms with E-state index in [9.17, 15) is 14.4 Å². The molecule has 0 saturated heterocycles. The van der Waals surface area contributed by atoms with Crippen LogP contribution >= 0.6 is 0 Å². The van der Waals surface area contributed by atoms with E-state index in [0.717, 1.165) is 24.8 Å². The molecule has 2 rings (SSSR count). The van der Waals surface area contributed by atoms with E-state index in [-0.39, 0.29) is 24.7 Å². The van der Waals surface area contributed by atoms with E-state index in [4.69, 9.17) is 15.2 Å². The van der Waals surface area contributed by atoms with E-state index in [2.05, 4.69) is 11.6 Å². The zero-order chi connectivity index (χ0) is 25.1. The summed E-state index contributed by atoms with van der Waals surface area (Å²) in [4.78, 5) is 41.9. The fraction of sp³-hybridized carbons (Fsp3) is 0.480. The number of H-pyrrole nitrogens is 1. The van der Waals surface area contributed by atoms with Crippen LogP contribution in [0.1, 0.15) is 51.5 Å². The van der Waals surface area contributed by atoms with E-state index in [0.29, 0.717) is 37.3 Å². The number of rotatable bonds is 14. The molecule has 1 amide bonds. The Kier molecular flexibility index (Phi) is 10.4. The van der Waals surface area contributed by atoms with Crippen molar-refractivity contribution in [2.24, 2.45) is 0 Å². The predicted octanol–water partition coefficient (Wildman–Crippen LogP) is 3.26. The summed E-state index contributed by atoms with van der Waals surface area (Å²) in [6.07, 6.45) is 6.51. The van der Waals surface area contributed by atoms with Gasteiger partial charge in [0.25, 0.3) is 11.5 Å². The minimum absolute atomic E-state index is 0.0154. The van der Waals surface area contributed by atoms with Crippen LogP contribution in [0.4, 0.5) is 11.5 Å². The number of unbranched alkanes of at least 4 members (excludes halogenated alkanes) is 3. The Morgan fingerprint density at radius 2 is 1.91 bits per heavy atom. The number of ether oxygens (including phenoxy) is 2. The highest BCUT2D eigenvalue weighted by Crippen LogP contribution is 2.28. The van der Waals surface area contributed by atoms with Gasteiger partial charge >= 0.3 is 5.69 Å². The largest absolute Gasteiger partial charge is 0.493 e. The second-order valence-electron chi connectivity index (χ2n) is 8.02. The van der Waals surface area contributed by atoms with Gasteiger partial charge in [-0.3, -0.25) is 19.1 Å². The first-order valence-electron chi connectivity index (χ1n) is 11.7. The van der Waals surface area contributed by atoms with Gasteiger partial charge in [0.15, 0.2) is 23.8 Å². The highest BCUT2D eigenvalue weighted by Gasteiger charge is 2.24. The van der Waals surface area contributed by atoms with Gasteiger partial charge in [-0.2, -0.15) is 0 Å². The molecule has 0 radical (unpaired) electrons. The Morgan fingerprint density at radius 1 is 1.18 bits per heavy atom. The number of benzene rings is 1. The average Bonchev–Trinajstić information content (AvgIpc) is 2.82. The number of allylic oxidation sites excluding steroid dienone is 1. The number of nitrogen functional groups attached to an aromatic ring is 1. The number of aromatic amines is 1. The van der Waals surface area contributed by atoms with Gasteiger partial charge in [-0.15, -0.1) is 6.58 Å². The van der Waals surface area contributed by atoms with Crippen LogP contribution in [0.25, 0.3) is 0 Å². The van der Waals surface area contributed by atoms with E-state index in [1.807, 2.05) is 26.0 Å². The number of amides is 1. The highest BCUT2D eigenvalue weighted by molar-refractivity contribution is 5.96. The molecule has 9 heteroatoms. The summed E-state index contributed by atoms with van der Waals surface area (Å²) >= 11 is 0. The van der Waals surface area contributed by atoms with E-state index < -0.39 is 17.2 Å². The quantitative estimate of drug-likeness (QED) is 0.322. The van der Waals surface area contributed by atoms with Crippen molar-refractivity contribution in [2.75, 3.05) is 30.9 Å². The summed E-state index contributed by atoms with van der Waals surface area (Å²) in [5.74, 6) is 0.451. The molecule has 0 aliphatic heterocycles. The second-order valence-corrected chi connectivity index (χ2v) is 8.02. The summed E-state index contributed by atoms with van der Waals surface area (Å²) < 4.78 is 12.5. The molecule has 0 saturated carbocycles. The number of nitrogens with two attached hydrogens (primary N) is 1. The van der Waals surface area contributed by atoms with Crippen molar-refractivity contribution >= 4 is 17.4 Å². The molecule has 0 unspecified atom stereocenters. The number of nitrogens with one attached hydrogen (secondary N) is 1. The van der Waals surface area contributed by atoms with Crippen molar-refractivity contribution in [3.8, 4) is 11.5 Å². The molecule has 0 aliphatic carbocycles. The molecule has 3 N–H and O–H groups in total. The third kappa shape index (κ3) is 6.76. The van der Waals surface area contributed by atoms with Crippen LogP contribution in [0, 0.1) is 0 Å². The minimum atomic E-state index is -0.688. The topological polar surface area (TPSA) is 120 Å². The van der Waals surface area contributed by atoms with Crippen LogP contribution < -0.4 is 31.4 Å². The first-order valence-corrected chi connectivity index (χ1v) is 11.7. The van der Waals surface area contributed by atoms with Crippen molar-refractivity contribution in [2.45, 2.75) is 58.9 Å². The number of aromatic nitrogens is 2. The van der Waals surface area contributed by atoms with Gasteiger partial charge in [-0.1, -0.05) is 45.3 Å². The van der Waals surface area contributed by atoms with E-state index in [1.54, 1.807) is 12.1 Å². The first-order chi connectivity index (χ1) is 16.4. The van der Waals surface area contributed by atoms with Crippen molar-refractivity contribution < 1.29 is 14.3 Å². The molecule has 2 aromatic rings. The Hall–Kier alpha value is -3.49. The van der Waals surface area contributed by atoms with Crippen LogP contribution in [-0.2, 0) is 17.8 Å². The molecule has 0 bridgehead atoms. The molecule has 0 aliphatic rings. The molecule has 1 aromatic heterocycles. The highest BCUT2D eigenvalue weighted by atomic mass is 16.5.